The summed E-state index contributed by atoms with van der Waals surface area (Å²) in [5.41, 5.74) is 1.34. The van der Waals surface area contributed by atoms with Crippen LogP contribution in [-0.4, -0.2) is 13.0 Å². The summed E-state index contributed by atoms with van der Waals surface area (Å²) < 4.78 is 1.07. The molecular weight excluding hydrogens is 348 g/mol. The topological polar surface area (TPSA) is 41.1 Å². The number of rotatable bonds is 4. The molecule has 3 nitrogen and oxygen atoms in total. The molecular formula is C13H12BrClN2OS. The summed E-state index contributed by atoms with van der Waals surface area (Å²) in [6.45, 7) is 0.674. The molecule has 2 rings (SSSR count). The molecule has 0 unspecified atom stereocenters. The van der Waals surface area contributed by atoms with Gasteiger partial charge >= 0.3 is 0 Å². The maximum Gasteiger partial charge on any atom is 0.251 e. The Bertz CT molecular complexity index is 600. The second-order valence-corrected chi connectivity index (χ2v) is 6.18. The van der Waals surface area contributed by atoms with Crippen molar-refractivity contribution >= 4 is 50.5 Å². The van der Waals surface area contributed by atoms with E-state index in [1.165, 1.54) is 4.88 Å². The van der Waals surface area contributed by atoms with Gasteiger partial charge in [-0.15, -0.1) is 11.3 Å². The summed E-state index contributed by atoms with van der Waals surface area (Å²) in [5, 5.41) is 8.46. The van der Waals surface area contributed by atoms with Crippen LogP contribution in [0.15, 0.2) is 34.1 Å². The molecule has 0 aliphatic rings. The standard InChI is InChI=1S/C13H12BrClN2OS/c1-16-13(18)8-2-3-11(15)12(4-8)17-6-10-5-9(14)7-19-10/h2-5,7,17H,6H2,1H3,(H,16,18). The van der Waals surface area contributed by atoms with E-state index in [9.17, 15) is 4.79 Å². The number of halogens is 2. The highest BCUT2D eigenvalue weighted by Crippen LogP contribution is 2.25. The van der Waals surface area contributed by atoms with E-state index in [1.54, 1.807) is 36.6 Å². The van der Waals surface area contributed by atoms with Gasteiger partial charge in [0.25, 0.3) is 5.91 Å². The normalized spacial score (nSPS) is 10.3. The number of nitrogens with one attached hydrogen (secondary N) is 2. The summed E-state index contributed by atoms with van der Waals surface area (Å²) in [5.74, 6) is -0.126. The molecule has 1 aromatic carbocycles. The van der Waals surface area contributed by atoms with Crippen LogP contribution < -0.4 is 10.6 Å². The molecule has 0 atom stereocenters. The Labute approximate surface area is 129 Å². The molecule has 1 aromatic heterocycles. The van der Waals surface area contributed by atoms with Crippen LogP contribution in [0.3, 0.4) is 0 Å². The third-order valence-corrected chi connectivity index (χ3v) is 4.56. The summed E-state index contributed by atoms with van der Waals surface area (Å²) in [6, 6.07) is 7.23. The Morgan fingerprint density at radius 2 is 2.21 bits per heavy atom. The van der Waals surface area contributed by atoms with Gasteiger partial charge in [-0.1, -0.05) is 11.6 Å². The van der Waals surface area contributed by atoms with Gasteiger partial charge in [0, 0.05) is 33.9 Å². The number of carbonyl (C=O) groups is 1. The van der Waals surface area contributed by atoms with E-state index in [1.807, 2.05) is 11.4 Å². The van der Waals surface area contributed by atoms with Crippen LogP contribution in [0.1, 0.15) is 15.2 Å². The zero-order valence-corrected chi connectivity index (χ0v) is 13.3. The van der Waals surface area contributed by atoms with Gasteiger partial charge in [0.2, 0.25) is 0 Å². The fraction of sp³-hybridized carbons (Fsp3) is 0.154. The number of hydrogen-bond donors (Lipinski definition) is 2. The van der Waals surface area contributed by atoms with Gasteiger partial charge in [0.05, 0.1) is 10.7 Å². The SMILES string of the molecule is CNC(=O)c1ccc(Cl)c(NCc2cc(Br)cs2)c1. The van der Waals surface area contributed by atoms with Crippen LogP contribution in [0.2, 0.25) is 5.02 Å². The molecule has 0 aliphatic heterocycles. The van der Waals surface area contributed by atoms with Crippen molar-refractivity contribution in [3.8, 4) is 0 Å². The van der Waals surface area contributed by atoms with E-state index in [0.717, 1.165) is 10.2 Å². The highest BCUT2D eigenvalue weighted by molar-refractivity contribution is 9.10. The van der Waals surface area contributed by atoms with Crippen LogP contribution in [0.25, 0.3) is 0 Å². The van der Waals surface area contributed by atoms with Gasteiger partial charge in [-0.25, -0.2) is 0 Å². The average Bonchev–Trinajstić information content (AvgIpc) is 2.82. The first kappa shape index (κ1) is 14.4. The number of carbonyl (C=O) groups excluding carboxylic acids is 1. The van der Waals surface area contributed by atoms with Crippen molar-refractivity contribution in [2.45, 2.75) is 6.54 Å². The van der Waals surface area contributed by atoms with Crippen molar-refractivity contribution in [3.05, 3.63) is 49.6 Å². The molecule has 2 N–H and O–H groups in total. The van der Waals surface area contributed by atoms with Crippen molar-refractivity contribution < 1.29 is 4.79 Å². The first-order valence-electron chi connectivity index (χ1n) is 5.58. The van der Waals surface area contributed by atoms with Gasteiger partial charge in [-0.3, -0.25) is 4.79 Å². The Kier molecular flexibility index (Phi) is 4.85. The molecule has 0 fully saturated rings. The monoisotopic (exact) mass is 358 g/mol. The lowest BCUT2D eigenvalue weighted by molar-refractivity contribution is 0.0963. The molecule has 100 valence electrons. The Morgan fingerprint density at radius 3 is 2.84 bits per heavy atom. The molecule has 6 heteroatoms. The molecule has 0 saturated carbocycles. The molecule has 0 radical (unpaired) electrons. The van der Waals surface area contributed by atoms with Gasteiger partial charge in [0.1, 0.15) is 0 Å². The molecule has 1 heterocycles. The number of amides is 1. The fourth-order valence-electron chi connectivity index (χ4n) is 1.58. The molecule has 19 heavy (non-hydrogen) atoms. The summed E-state index contributed by atoms with van der Waals surface area (Å²) in [6.07, 6.45) is 0. The predicted octanol–water partition coefficient (Wildman–Crippen LogP) is 4.14. The van der Waals surface area contributed by atoms with Gasteiger partial charge < -0.3 is 10.6 Å². The minimum absolute atomic E-state index is 0.126. The van der Waals surface area contributed by atoms with Crippen LogP contribution in [0, 0.1) is 0 Å². The van der Waals surface area contributed by atoms with E-state index in [2.05, 4.69) is 26.6 Å². The summed E-state index contributed by atoms with van der Waals surface area (Å²) >= 11 is 11.2. The lowest BCUT2D eigenvalue weighted by atomic mass is 10.2. The van der Waals surface area contributed by atoms with Gasteiger partial charge in [-0.05, 0) is 40.2 Å². The van der Waals surface area contributed by atoms with Crippen LogP contribution >= 0.6 is 38.9 Å². The maximum atomic E-state index is 11.6. The van der Waals surface area contributed by atoms with E-state index in [4.69, 9.17) is 11.6 Å². The van der Waals surface area contributed by atoms with Crippen LogP contribution in [-0.2, 0) is 6.54 Å². The van der Waals surface area contributed by atoms with Crippen molar-refractivity contribution in [2.24, 2.45) is 0 Å². The quantitative estimate of drug-likeness (QED) is 0.861. The lowest BCUT2D eigenvalue weighted by Crippen LogP contribution is -2.17. The molecule has 1 amide bonds. The second-order valence-electron chi connectivity index (χ2n) is 3.86. The molecule has 0 saturated heterocycles. The van der Waals surface area contributed by atoms with Gasteiger partial charge in [-0.2, -0.15) is 0 Å². The maximum absolute atomic E-state index is 11.6. The Balaban J connectivity index is 2.12. The van der Waals surface area contributed by atoms with Gasteiger partial charge in [0.15, 0.2) is 0 Å². The van der Waals surface area contributed by atoms with E-state index in [0.29, 0.717) is 17.1 Å². The third-order valence-electron chi connectivity index (χ3n) is 2.53. The highest BCUT2D eigenvalue weighted by atomic mass is 79.9. The second kappa shape index (κ2) is 6.41. The Morgan fingerprint density at radius 1 is 1.42 bits per heavy atom. The van der Waals surface area contributed by atoms with Crippen LogP contribution in [0.4, 0.5) is 5.69 Å². The fourth-order valence-corrected chi connectivity index (χ4v) is 3.15. The van der Waals surface area contributed by atoms with Crippen molar-refractivity contribution in [1.29, 1.82) is 0 Å². The van der Waals surface area contributed by atoms with Crippen molar-refractivity contribution in [1.82, 2.24) is 5.32 Å². The zero-order chi connectivity index (χ0) is 13.8. The lowest BCUT2D eigenvalue weighted by Gasteiger charge is -2.09. The highest BCUT2D eigenvalue weighted by Gasteiger charge is 2.07. The van der Waals surface area contributed by atoms with E-state index >= 15 is 0 Å². The minimum Gasteiger partial charge on any atom is -0.379 e. The molecule has 2 aromatic rings. The number of anilines is 1. The van der Waals surface area contributed by atoms with Crippen molar-refractivity contribution in [3.63, 3.8) is 0 Å². The number of thiophene rings is 1. The minimum atomic E-state index is -0.126. The molecule has 0 aliphatic carbocycles. The molecule has 0 spiro atoms. The number of benzene rings is 1. The van der Waals surface area contributed by atoms with Crippen LogP contribution in [0.5, 0.6) is 0 Å². The smallest absolute Gasteiger partial charge is 0.251 e. The summed E-state index contributed by atoms with van der Waals surface area (Å²) in [7, 11) is 1.60. The first-order valence-corrected chi connectivity index (χ1v) is 7.63. The predicted molar refractivity (Wildman–Crippen MR) is 84.2 cm³/mol. The third kappa shape index (κ3) is 3.72. The van der Waals surface area contributed by atoms with E-state index in [-0.39, 0.29) is 5.91 Å². The summed E-state index contributed by atoms with van der Waals surface area (Å²) in [4.78, 5) is 12.8. The largest absolute Gasteiger partial charge is 0.379 e. The number of hydrogen-bond acceptors (Lipinski definition) is 3. The Hall–Kier alpha value is -1.04. The van der Waals surface area contributed by atoms with Crippen molar-refractivity contribution in [2.75, 3.05) is 12.4 Å². The molecule has 0 bridgehead atoms. The first-order chi connectivity index (χ1) is 9.10. The van der Waals surface area contributed by atoms with E-state index < -0.39 is 0 Å². The zero-order valence-electron chi connectivity index (χ0n) is 10.2. The average molecular weight is 360 g/mol.